The smallest absolute Gasteiger partial charge is 0.126 e. The number of halogens is 1. The molecule has 5 heteroatoms. The minimum atomic E-state index is -0.00721. The zero-order chi connectivity index (χ0) is 18.1. The molecule has 0 saturated carbocycles. The average molecular weight is 384 g/mol. The first-order valence-corrected chi connectivity index (χ1v) is 9.12. The highest BCUT2D eigenvalue weighted by Crippen LogP contribution is 2.42. The van der Waals surface area contributed by atoms with E-state index in [1.165, 1.54) is 11.1 Å². The highest BCUT2D eigenvalue weighted by atomic mass is 35.5. The van der Waals surface area contributed by atoms with Crippen LogP contribution in [-0.2, 0) is 22.2 Å². The molecule has 0 unspecified atom stereocenters. The van der Waals surface area contributed by atoms with Crippen LogP contribution in [0.2, 0.25) is 0 Å². The molecule has 0 spiro atoms. The molecule has 0 atom stereocenters. The van der Waals surface area contributed by atoms with E-state index in [2.05, 4.69) is 59.1 Å². The number of benzene rings is 1. The van der Waals surface area contributed by atoms with Crippen LogP contribution in [-0.4, -0.2) is 19.2 Å². The van der Waals surface area contributed by atoms with Crippen LogP contribution in [0, 0.1) is 0 Å². The van der Waals surface area contributed by atoms with Gasteiger partial charge < -0.3 is 9.47 Å². The normalized spacial score (nSPS) is 12.0. The van der Waals surface area contributed by atoms with Crippen molar-refractivity contribution in [2.45, 2.75) is 59.0 Å². The molecule has 25 heavy (non-hydrogen) atoms. The Morgan fingerprint density at radius 1 is 0.960 bits per heavy atom. The number of thiazole rings is 1. The van der Waals surface area contributed by atoms with Crippen LogP contribution in [0.3, 0.4) is 0 Å². The Kier molecular flexibility index (Phi) is 7.08. The van der Waals surface area contributed by atoms with Crippen molar-refractivity contribution in [3.63, 3.8) is 0 Å². The van der Waals surface area contributed by atoms with Crippen LogP contribution >= 0.6 is 23.7 Å². The van der Waals surface area contributed by atoms with Crippen LogP contribution in [0.5, 0.6) is 5.75 Å². The standard InChI is InChI=1S/C20H29NO2S.ClH/c1-19(2,3)14-9-13(16-12-24-17(21-16)11-22-7)10-15(18(14)23-8)20(4,5)6;/h9-10,12H,11H2,1-8H3;1H. The van der Waals surface area contributed by atoms with Gasteiger partial charge in [0, 0.05) is 29.2 Å². The van der Waals surface area contributed by atoms with E-state index in [0.29, 0.717) is 6.61 Å². The minimum absolute atomic E-state index is 0. The molecule has 0 aliphatic carbocycles. The van der Waals surface area contributed by atoms with Gasteiger partial charge in [0.2, 0.25) is 0 Å². The maximum absolute atomic E-state index is 5.83. The quantitative estimate of drug-likeness (QED) is 0.650. The van der Waals surface area contributed by atoms with Crippen molar-refractivity contribution in [2.24, 2.45) is 0 Å². The van der Waals surface area contributed by atoms with Gasteiger partial charge in [-0.05, 0) is 23.0 Å². The molecule has 0 saturated heterocycles. The van der Waals surface area contributed by atoms with Gasteiger partial charge in [-0.15, -0.1) is 23.7 Å². The maximum Gasteiger partial charge on any atom is 0.126 e. The Bertz CT molecular complexity index is 676. The van der Waals surface area contributed by atoms with E-state index < -0.39 is 0 Å². The van der Waals surface area contributed by atoms with Crippen molar-refractivity contribution in [3.8, 4) is 17.0 Å². The third kappa shape index (κ3) is 4.96. The summed E-state index contributed by atoms with van der Waals surface area (Å²) >= 11 is 1.64. The fourth-order valence-electron chi connectivity index (χ4n) is 2.74. The molecular weight excluding hydrogens is 354 g/mol. The molecule has 0 radical (unpaired) electrons. The Morgan fingerprint density at radius 3 is 1.88 bits per heavy atom. The maximum atomic E-state index is 5.83. The molecule has 2 rings (SSSR count). The van der Waals surface area contributed by atoms with E-state index in [4.69, 9.17) is 14.5 Å². The molecule has 0 bridgehead atoms. The first kappa shape index (κ1) is 21.9. The van der Waals surface area contributed by atoms with Gasteiger partial charge in [0.25, 0.3) is 0 Å². The summed E-state index contributed by atoms with van der Waals surface area (Å²) in [5.74, 6) is 0.992. The van der Waals surface area contributed by atoms with Crippen molar-refractivity contribution in [1.82, 2.24) is 4.98 Å². The molecule has 1 aromatic heterocycles. The van der Waals surface area contributed by atoms with Crippen molar-refractivity contribution >= 4 is 23.7 Å². The number of rotatable bonds is 4. The lowest BCUT2D eigenvalue weighted by Gasteiger charge is -2.29. The zero-order valence-corrected chi connectivity index (χ0v) is 18.2. The van der Waals surface area contributed by atoms with E-state index in [0.717, 1.165) is 22.0 Å². The summed E-state index contributed by atoms with van der Waals surface area (Å²) < 4.78 is 11.0. The summed E-state index contributed by atoms with van der Waals surface area (Å²) in [5, 5.41) is 3.10. The van der Waals surface area contributed by atoms with Gasteiger partial charge in [0.1, 0.15) is 10.8 Å². The monoisotopic (exact) mass is 383 g/mol. The molecule has 0 aliphatic heterocycles. The number of aromatic nitrogens is 1. The number of methoxy groups -OCH3 is 2. The van der Waals surface area contributed by atoms with Crippen LogP contribution in [0.15, 0.2) is 17.5 Å². The highest BCUT2D eigenvalue weighted by Gasteiger charge is 2.28. The number of hydrogen-bond donors (Lipinski definition) is 0. The summed E-state index contributed by atoms with van der Waals surface area (Å²) in [6.07, 6.45) is 0. The Morgan fingerprint density at radius 2 is 1.48 bits per heavy atom. The Labute approximate surface area is 162 Å². The minimum Gasteiger partial charge on any atom is -0.496 e. The topological polar surface area (TPSA) is 31.4 Å². The summed E-state index contributed by atoms with van der Waals surface area (Å²) in [6.45, 7) is 13.9. The molecule has 2 aromatic rings. The first-order chi connectivity index (χ1) is 11.1. The van der Waals surface area contributed by atoms with Gasteiger partial charge in [-0.2, -0.15) is 0 Å². The van der Waals surface area contributed by atoms with E-state index in [-0.39, 0.29) is 23.2 Å². The summed E-state index contributed by atoms with van der Waals surface area (Å²) in [6, 6.07) is 4.44. The molecule has 0 N–H and O–H groups in total. The van der Waals surface area contributed by atoms with E-state index in [9.17, 15) is 0 Å². The Hall–Kier alpha value is -1.10. The second-order valence-corrected chi connectivity index (χ2v) is 9.11. The lowest BCUT2D eigenvalue weighted by molar-refractivity contribution is 0.184. The molecule has 1 heterocycles. The van der Waals surface area contributed by atoms with Crippen LogP contribution in [0.4, 0.5) is 0 Å². The zero-order valence-electron chi connectivity index (χ0n) is 16.5. The van der Waals surface area contributed by atoms with Crippen LogP contribution in [0.25, 0.3) is 11.3 Å². The second kappa shape index (κ2) is 8.07. The van der Waals surface area contributed by atoms with Gasteiger partial charge in [0.05, 0.1) is 19.4 Å². The van der Waals surface area contributed by atoms with Gasteiger partial charge >= 0.3 is 0 Å². The second-order valence-electron chi connectivity index (χ2n) is 8.16. The van der Waals surface area contributed by atoms with Crippen molar-refractivity contribution in [3.05, 3.63) is 33.6 Å². The molecule has 3 nitrogen and oxygen atoms in total. The summed E-state index contributed by atoms with van der Waals surface area (Å²) in [7, 11) is 3.46. The van der Waals surface area contributed by atoms with Crippen molar-refractivity contribution in [1.29, 1.82) is 0 Å². The predicted molar refractivity (Wildman–Crippen MR) is 109 cm³/mol. The van der Waals surface area contributed by atoms with E-state index in [1.807, 2.05) is 0 Å². The first-order valence-electron chi connectivity index (χ1n) is 8.24. The van der Waals surface area contributed by atoms with Gasteiger partial charge in [0.15, 0.2) is 0 Å². The SMILES string of the molecule is COCc1nc(-c2cc(C(C)(C)C)c(OC)c(C(C)(C)C)c2)cs1.Cl. The van der Waals surface area contributed by atoms with E-state index >= 15 is 0 Å². The van der Waals surface area contributed by atoms with Gasteiger partial charge in [-0.1, -0.05) is 41.5 Å². The fourth-order valence-corrected chi connectivity index (χ4v) is 3.52. The largest absolute Gasteiger partial charge is 0.496 e. The number of ether oxygens (including phenoxy) is 2. The number of hydrogen-bond acceptors (Lipinski definition) is 4. The summed E-state index contributed by atoms with van der Waals surface area (Å²) in [4.78, 5) is 4.72. The molecule has 140 valence electrons. The molecule has 0 aliphatic rings. The molecule has 0 amide bonds. The van der Waals surface area contributed by atoms with Crippen molar-refractivity contribution in [2.75, 3.05) is 14.2 Å². The third-order valence-electron chi connectivity index (χ3n) is 4.02. The molecule has 0 fully saturated rings. The molecule has 1 aromatic carbocycles. The lowest BCUT2D eigenvalue weighted by Crippen LogP contribution is -2.19. The van der Waals surface area contributed by atoms with Crippen LogP contribution < -0.4 is 4.74 Å². The van der Waals surface area contributed by atoms with Crippen molar-refractivity contribution < 1.29 is 9.47 Å². The van der Waals surface area contributed by atoms with Gasteiger partial charge in [-0.25, -0.2) is 4.98 Å². The molecular formula is C20H30ClNO2S. The van der Waals surface area contributed by atoms with Gasteiger partial charge in [-0.3, -0.25) is 0 Å². The fraction of sp³-hybridized carbons (Fsp3) is 0.550. The third-order valence-corrected chi connectivity index (χ3v) is 4.85. The summed E-state index contributed by atoms with van der Waals surface area (Å²) in [5.41, 5.74) is 4.57. The predicted octanol–water partition coefficient (Wildman–Crippen LogP) is 5.98. The highest BCUT2D eigenvalue weighted by molar-refractivity contribution is 7.09. The van der Waals surface area contributed by atoms with E-state index in [1.54, 1.807) is 25.6 Å². The average Bonchev–Trinajstić information content (AvgIpc) is 2.93. The van der Waals surface area contributed by atoms with Crippen LogP contribution in [0.1, 0.15) is 57.7 Å². The number of nitrogens with zero attached hydrogens (tertiary/aromatic N) is 1. The Balaban J connectivity index is 0.00000312. The lowest BCUT2D eigenvalue weighted by atomic mass is 9.78.